The molecule has 0 amide bonds. The number of piperidine rings is 1. The lowest BCUT2D eigenvalue weighted by Gasteiger charge is -2.34. The lowest BCUT2D eigenvalue weighted by Crippen LogP contribution is -2.48. The Morgan fingerprint density at radius 3 is 3.11 bits per heavy atom. The summed E-state index contributed by atoms with van der Waals surface area (Å²) in [6.45, 7) is 6.72. The third-order valence-electron chi connectivity index (χ3n) is 4.17. The van der Waals surface area contributed by atoms with Crippen LogP contribution >= 0.6 is 0 Å². The number of likely N-dealkylation sites (N-methyl/N-ethyl adjacent to an activating group) is 1. The van der Waals surface area contributed by atoms with Gasteiger partial charge in [0.05, 0.1) is 0 Å². The molecular formula is C16H24N2O. The molecule has 0 spiro atoms. The number of likely N-dealkylation sites (tertiary alicyclic amines) is 1. The van der Waals surface area contributed by atoms with Crippen molar-refractivity contribution in [3.8, 4) is 5.75 Å². The quantitative estimate of drug-likeness (QED) is 0.897. The van der Waals surface area contributed by atoms with Crippen LogP contribution in [-0.4, -0.2) is 43.2 Å². The fraction of sp³-hybridized carbons (Fsp3) is 0.625. The number of fused-ring (bicyclic) bond motifs is 1. The molecule has 2 aliphatic heterocycles. The Bertz CT molecular complexity index is 394. The van der Waals surface area contributed by atoms with Gasteiger partial charge >= 0.3 is 0 Å². The standard InChI is InChI=1S/C16H24N2O/c1-2-17-14-7-5-9-18(11-14)12-15-10-13-6-3-4-8-16(13)19-15/h3-4,6,8,14-15,17H,2,5,7,9-12H2,1H3. The average Bonchev–Trinajstić information content (AvgIpc) is 2.81. The normalized spacial score (nSPS) is 27.0. The summed E-state index contributed by atoms with van der Waals surface area (Å²) in [6.07, 6.45) is 4.03. The van der Waals surface area contributed by atoms with Gasteiger partial charge in [-0.05, 0) is 37.6 Å². The number of para-hydroxylation sites is 1. The predicted molar refractivity (Wildman–Crippen MR) is 77.7 cm³/mol. The van der Waals surface area contributed by atoms with Gasteiger partial charge in [0.1, 0.15) is 11.9 Å². The molecule has 2 aliphatic rings. The highest BCUT2D eigenvalue weighted by molar-refractivity contribution is 5.37. The van der Waals surface area contributed by atoms with E-state index in [0.717, 1.165) is 25.3 Å². The van der Waals surface area contributed by atoms with E-state index in [-0.39, 0.29) is 0 Å². The maximum absolute atomic E-state index is 6.04. The second kappa shape index (κ2) is 5.93. The van der Waals surface area contributed by atoms with Gasteiger partial charge in [0.2, 0.25) is 0 Å². The van der Waals surface area contributed by atoms with E-state index in [0.29, 0.717) is 12.1 Å². The van der Waals surface area contributed by atoms with Crippen molar-refractivity contribution < 1.29 is 4.74 Å². The SMILES string of the molecule is CCNC1CCCN(CC2Cc3ccccc3O2)C1. The number of rotatable bonds is 4. The molecule has 0 radical (unpaired) electrons. The summed E-state index contributed by atoms with van der Waals surface area (Å²) in [5, 5.41) is 3.57. The van der Waals surface area contributed by atoms with Crippen LogP contribution in [0.2, 0.25) is 0 Å². The summed E-state index contributed by atoms with van der Waals surface area (Å²) >= 11 is 0. The first-order chi connectivity index (χ1) is 9.35. The first-order valence-corrected chi connectivity index (χ1v) is 7.55. The zero-order valence-electron chi connectivity index (χ0n) is 11.8. The molecule has 1 N–H and O–H groups in total. The van der Waals surface area contributed by atoms with Gasteiger partial charge < -0.3 is 10.1 Å². The topological polar surface area (TPSA) is 24.5 Å². The molecule has 2 heterocycles. The predicted octanol–water partition coefficient (Wildman–Crippen LogP) is 2.06. The van der Waals surface area contributed by atoms with E-state index in [4.69, 9.17) is 4.74 Å². The molecule has 3 nitrogen and oxygen atoms in total. The van der Waals surface area contributed by atoms with Crippen LogP contribution in [0.5, 0.6) is 5.75 Å². The van der Waals surface area contributed by atoms with Crippen molar-refractivity contribution in [2.24, 2.45) is 0 Å². The summed E-state index contributed by atoms with van der Waals surface area (Å²) in [5.41, 5.74) is 1.37. The van der Waals surface area contributed by atoms with Crippen molar-refractivity contribution in [2.45, 2.75) is 38.3 Å². The summed E-state index contributed by atoms with van der Waals surface area (Å²) < 4.78 is 6.04. The summed E-state index contributed by atoms with van der Waals surface area (Å²) in [5.74, 6) is 1.09. The Balaban J connectivity index is 1.53. The molecule has 1 aromatic rings. The number of ether oxygens (including phenoxy) is 1. The lowest BCUT2D eigenvalue weighted by molar-refractivity contribution is 0.120. The Labute approximate surface area is 115 Å². The summed E-state index contributed by atoms with van der Waals surface area (Å²) in [7, 11) is 0. The molecule has 1 fully saturated rings. The first kappa shape index (κ1) is 12.9. The summed E-state index contributed by atoms with van der Waals surface area (Å²) in [4.78, 5) is 2.56. The molecule has 0 saturated carbocycles. The van der Waals surface area contributed by atoms with E-state index in [1.54, 1.807) is 0 Å². The molecule has 1 saturated heterocycles. The third-order valence-corrected chi connectivity index (χ3v) is 4.17. The van der Waals surface area contributed by atoms with E-state index in [1.165, 1.54) is 31.5 Å². The van der Waals surface area contributed by atoms with Crippen LogP contribution in [0.3, 0.4) is 0 Å². The van der Waals surface area contributed by atoms with Gasteiger partial charge in [-0.2, -0.15) is 0 Å². The first-order valence-electron chi connectivity index (χ1n) is 7.55. The minimum Gasteiger partial charge on any atom is -0.488 e. The van der Waals surface area contributed by atoms with Crippen molar-refractivity contribution >= 4 is 0 Å². The van der Waals surface area contributed by atoms with Gasteiger partial charge in [0.15, 0.2) is 0 Å². The van der Waals surface area contributed by atoms with Crippen LogP contribution in [0.15, 0.2) is 24.3 Å². The minimum absolute atomic E-state index is 0.345. The number of hydrogen-bond acceptors (Lipinski definition) is 3. The molecule has 2 unspecified atom stereocenters. The largest absolute Gasteiger partial charge is 0.488 e. The summed E-state index contributed by atoms with van der Waals surface area (Å²) in [6, 6.07) is 9.11. The van der Waals surface area contributed by atoms with E-state index < -0.39 is 0 Å². The Morgan fingerprint density at radius 1 is 1.37 bits per heavy atom. The number of benzene rings is 1. The lowest BCUT2D eigenvalue weighted by atomic mass is 10.0. The second-order valence-corrected chi connectivity index (χ2v) is 5.71. The molecule has 1 aromatic carbocycles. The van der Waals surface area contributed by atoms with Crippen molar-refractivity contribution in [1.29, 1.82) is 0 Å². The van der Waals surface area contributed by atoms with E-state index in [2.05, 4.69) is 41.4 Å². The van der Waals surface area contributed by atoms with Gasteiger partial charge in [0, 0.05) is 25.6 Å². The van der Waals surface area contributed by atoms with Crippen LogP contribution in [-0.2, 0) is 6.42 Å². The van der Waals surface area contributed by atoms with Crippen LogP contribution in [0.25, 0.3) is 0 Å². The molecule has 2 atom stereocenters. The van der Waals surface area contributed by atoms with Gasteiger partial charge in [-0.15, -0.1) is 0 Å². The van der Waals surface area contributed by atoms with Crippen molar-refractivity contribution in [2.75, 3.05) is 26.2 Å². The second-order valence-electron chi connectivity index (χ2n) is 5.71. The van der Waals surface area contributed by atoms with Crippen LogP contribution in [0, 0.1) is 0 Å². The van der Waals surface area contributed by atoms with Crippen LogP contribution in [0.4, 0.5) is 0 Å². The smallest absolute Gasteiger partial charge is 0.123 e. The molecular weight excluding hydrogens is 236 g/mol. The highest BCUT2D eigenvalue weighted by Gasteiger charge is 2.27. The van der Waals surface area contributed by atoms with Crippen molar-refractivity contribution in [3.05, 3.63) is 29.8 Å². The Morgan fingerprint density at radius 2 is 2.26 bits per heavy atom. The monoisotopic (exact) mass is 260 g/mol. The van der Waals surface area contributed by atoms with Crippen molar-refractivity contribution in [3.63, 3.8) is 0 Å². The molecule has 3 rings (SSSR count). The maximum Gasteiger partial charge on any atom is 0.123 e. The molecule has 0 aromatic heterocycles. The van der Waals surface area contributed by atoms with E-state index in [9.17, 15) is 0 Å². The van der Waals surface area contributed by atoms with Gasteiger partial charge in [-0.3, -0.25) is 4.90 Å². The molecule has 19 heavy (non-hydrogen) atoms. The number of nitrogens with zero attached hydrogens (tertiary/aromatic N) is 1. The molecule has 0 aliphatic carbocycles. The zero-order chi connectivity index (χ0) is 13.1. The van der Waals surface area contributed by atoms with E-state index in [1.807, 2.05) is 0 Å². The third kappa shape index (κ3) is 3.10. The Kier molecular flexibility index (Phi) is 4.04. The maximum atomic E-state index is 6.04. The van der Waals surface area contributed by atoms with Gasteiger partial charge in [0.25, 0.3) is 0 Å². The molecule has 0 bridgehead atoms. The minimum atomic E-state index is 0.345. The zero-order valence-corrected chi connectivity index (χ0v) is 11.8. The molecule has 104 valence electrons. The number of nitrogens with one attached hydrogen (secondary N) is 1. The van der Waals surface area contributed by atoms with Crippen molar-refractivity contribution in [1.82, 2.24) is 10.2 Å². The van der Waals surface area contributed by atoms with Crippen LogP contribution < -0.4 is 10.1 Å². The van der Waals surface area contributed by atoms with Gasteiger partial charge in [-0.1, -0.05) is 25.1 Å². The van der Waals surface area contributed by atoms with Crippen LogP contribution in [0.1, 0.15) is 25.3 Å². The highest BCUT2D eigenvalue weighted by atomic mass is 16.5. The average molecular weight is 260 g/mol. The van der Waals surface area contributed by atoms with E-state index >= 15 is 0 Å². The Hall–Kier alpha value is -1.06. The fourth-order valence-electron chi connectivity index (χ4n) is 3.32. The fourth-order valence-corrected chi connectivity index (χ4v) is 3.32. The van der Waals surface area contributed by atoms with Gasteiger partial charge in [-0.25, -0.2) is 0 Å². The number of hydrogen-bond donors (Lipinski definition) is 1. The highest BCUT2D eigenvalue weighted by Crippen LogP contribution is 2.28. The molecule has 3 heteroatoms.